The Kier molecular flexibility index (Phi) is 9.69. The quantitative estimate of drug-likeness (QED) is 0.264. The highest BCUT2D eigenvalue weighted by Gasteiger charge is 2.25. The minimum absolute atomic E-state index is 0.0448. The summed E-state index contributed by atoms with van der Waals surface area (Å²) in [5.74, 6) is -1.90. The van der Waals surface area contributed by atoms with E-state index in [-0.39, 0.29) is 24.2 Å². The van der Waals surface area contributed by atoms with Crippen LogP contribution in [0.25, 0.3) is 0 Å². The summed E-state index contributed by atoms with van der Waals surface area (Å²) in [6.45, 7) is 1.73. The molecule has 0 aliphatic rings. The summed E-state index contributed by atoms with van der Waals surface area (Å²) >= 11 is 0. The molecule has 8 N–H and O–H groups in total. The fourth-order valence-electron chi connectivity index (χ4n) is 1.29. The normalized spacial score (nSPS) is 13.6. The van der Waals surface area contributed by atoms with Crippen LogP contribution >= 0.6 is 0 Å². The first-order chi connectivity index (χ1) is 11.6. The molecule has 13 nitrogen and oxygen atoms in total. The molecule has 1 aromatic heterocycles. The molecule has 0 saturated heterocycles. The van der Waals surface area contributed by atoms with Crippen LogP contribution in [0.2, 0.25) is 0 Å². The van der Waals surface area contributed by atoms with E-state index in [1.807, 2.05) is 5.32 Å². The Morgan fingerprint density at radius 1 is 1.32 bits per heavy atom. The average molecular weight is 363 g/mol. The Hall–Kier alpha value is -2.77. The standard InChI is InChI=1S/C10H16N4O7.C2H5NO/c1-4(16)7(9(18)19)13-10(20)11-2-6-12-8(14-21-6)5(17)3-15;1-2(3)4/h4-5,7,15-17H,2-3H2,1H3,(H,18,19)(H2,11,13,20);1H3,(H2,3,4). The number of nitrogens with one attached hydrogen (secondary N) is 2. The molecule has 0 bridgehead atoms. The molecule has 25 heavy (non-hydrogen) atoms. The van der Waals surface area contributed by atoms with Crippen LogP contribution in [0, 0.1) is 0 Å². The van der Waals surface area contributed by atoms with Gasteiger partial charge in [0, 0.05) is 6.92 Å². The maximum absolute atomic E-state index is 11.5. The third-order valence-electron chi connectivity index (χ3n) is 2.39. The average Bonchev–Trinajstić information content (AvgIpc) is 2.97. The van der Waals surface area contributed by atoms with E-state index in [0.29, 0.717) is 0 Å². The molecular weight excluding hydrogens is 342 g/mol. The van der Waals surface area contributed by atoms with Crippen molar-refractivity contribution >= 4 is 17.9 Å². The third kappa shape index (κ3) is 9.19. The lowest BCUT2D eigenvalue weighted by Crippen LogP contribution is -2.51. The van der Waals surface area contributed by atoms with Crippen molar-refractivity contribution in [3.63, 3.8) is 0 Å². The molecule has 142 valence electrons. The lowest BCUT2D eigenvalue weighted by atomic mass is 10.2. The fourth-order valence-corrected chi connectivity index (χ4v) is 1.29. The van der Waals surface area contributed by atoms with E-state index in [1.165, 1.54) is 13.8 Å². The summed E-state index contributed by atoms with van der Waals surface area (Å²) in [5, 5.41) is 43.6. The minimum Gasteiger partial charge on any atom is -0.480 e. The van der Waals surface area contributed by atoms with Crippen LogP contribution in [0.5, 0.6) is 0 Å². The maximum atomic E-state index is 11.5. The monoisotopic (exact) mass is 363 g/mol. The topological polar surface area (TPSA) is 221 Å². The number of aliphatic hydroxyl groups is 3. The van der Waals surface area contributed by atoms with Crippen molar-refractivity contribution in [2.45, 2.75) is 38.6 Å². The number of hydrogen-bond acceptors (Lipinski definition) is 9. The number of nitrogens with two attached hydrogens (primary N) is 1. The van der Waals surface area contributed by atoms with Gasteiger partial charge in [0.1, 0.15) is 6.10 Å². The van der Waals surface area contributed by atoms with Crippen LogP contribution in [-0.4, -0.2) is 67.2 Å². The molecule has 1 rings (SSSR count). The van der Waals surface area contributed by atoms with Crippen LogP contribution in [0.15, 0.2) is 4.52 Å². The summed E-state index contributed by atoms with van der Waals surface area (Å²) in [4.78, 5) is 35.2. The maximum Gasteiger partial charge on any atom is 0.328 e. The lowest BCUT2D eigenvalue weighted by Gasteiger charge is -2.16. The van der Waals surface area contributed by atoms with Crippen LogP contribution in [0.1, 0.15) is 31.7 Å². The lowest BCUT2D eigenvalue weighted by molar-refractivity contribution is -0.141. The summed E-state index contributed by atoms with van der Waals surface area (Å²) < 4.78 is 4.70. The fraction of sp³-hybridized carbons (Fsp3) is 0.583. The summed E-state index contributed by atoms with van der Waals surface area (Å²) in [6, 6.07) is -2.31. The van der Waals surface area contributed by atoms with Gasteiger partial charge in [-0.25, -0.2) is 9.59 Å². The number of hydrogen-bond donors (Lipinski definition) is 7. The van der Waals surface area contributed by atoms with Crippen LogP contribution in [-0.2, 0) is 16.1 Å². The van der Waals surface area contributed by atoms with Gasteiger partial charge < -0.3 is 41.3 Å². The first kappa shape index (κ1) is 22.2. The molecule has 13 heteroatoms. The first-order valence-corrected chi connectivity index (χ1v) is 6.91. The number of amides is 3. The molecule has 1 aromatic rings. The number of carbonyl (C=O) groups is 3. The zero-order valence-corrected chi connectivity index (χ0v) is 13.5. The second kappa shape index (κ2) is 10.9. The van der Waals surface area contributed by atoms with Gasteiger partial charge in [0.25, 0.3) is 0 Å². The summed E-state index contributed by atoms with van der Waals surface area (Å²) in [5.41, 5.74) is 4.47. The molecule has 0 radical (unpaired) electrons. The molecule has 3 unspecified atom stereocenters. The van der Waals surface area contributed by atoms with Crippen molar-refractivity contribution in [3.8, 4) is 0 Å². The number of rotatable bonds is 7. The number of nitrogens with zero attached hydrogens (tertiary/aromatic N) is 2. The van der Waals surface area contributed by atoms with E-state index in [2.05, 4.69) is 21.2 Å². The number of primary amides is 1. The van der Waals surface area contributed by atoms with E-state index in [4.69, 9.17) is 14.7 Å². The van der Waals surface area contributed by atoms with Gasteiger partial charge >= 0.3 is 12.0 Å². The van der Waals surface area contributed by atoms with Crippen LogP contribution < -0.4 is 16.4 Å². The highest BCUT2D eigenvalue weighted by atomic mass is 16.5. The van der Waals surface area contributed by atoms with Crippen molar-refractivity contribution in [1.82, 2.24) is 20.8 Å². The van der Waals surface area contributed by atoms with Gasteiger partial charge in [-0.05, 0) is 6.92 Å². The van der Waals surface area contributed by atoms with Gasteiger partial charge in [0.05, 0.1) is 19.3 Å². The number of carbonyl (C=O) groups excluding carboxylic acids is 2. The molecule has 0 aliphatic carbocycles. The number of urea groups is 1. The number of aromatic nitrogens is 2. The SMILES string of the molecule is CC(N)=O.CC(O)C(NC(=O)NCc1nc(C(O)CO)no1)C(=O)O. The molecular formula is C12H21N5O8. The second-order valence-electron chi connectivity index (χ2n) is 4.74. The van der Waals surface area contributed by atoms with Gasteiger partial charge in [0.15, 0.2) is 6.04 Å². The van der Waals surface area contributed by atoms with Gasteiger partial charge in [-0.15, -0.1) is 0 Å². The Labute approximate surface area is 141 Å². The van der Waals surface area contributed by atoms with Crippen molar-refractivity contribution < 1.29 is 39.3 Å². The van der Waals surface area contributed by atoms with Gasteiger partial charge in [-0.1, -0.05) is 5.16 Å². The Bertz CT molecular complexity index is 572. The van der Waals surface area contributed by atoms with E-state index in [0.717, 1.165) is 0 Å². The highest BCUT2D eigenvalue weighted by molar-refractivity contribution is 5.82. The van der Waals surface area contributed by atoms with Crippen molar-refractivity contribution in [2.24, 2.45) is 5.73 Å². The molecule has 0 saturated carbocycles. The van der Waals surface area contributed by atoms with Crippen LogP contribution in [0.4, 0.5) is 4.79 Å². The Morgan fingerprint density at radius 2 is 1.88 bits per heavy atom. The van der Waals surface area contributed by atoms with E-state index in [1.54, 1.807) is 0 Å². The highest BCUT2D eigenvalue weighted by Crippen LogP contribution is 2.07. The molecule has 0 aromatic carbocycles. The molecule has 3 atom stereocenters. The summed E-state index contributed by atoms with van der Waals surface area (Å²) in [7, 11) is 0. The molecule has 3 amide bonds. The zero-order chi connectivity index (χ0) is 19.6. The summed E-state index contributed by atoms with van der Waals surface area (Å²) in [6.07, 6.45) is -2.56. The van der Waals surface area contributed by atoms with E-state index in [9.17, 15) is 24.6 Å². The smallest absolute Gasteiger partial charge is 0.328 e. The van der Waals surface area contributed by atoms with E-state index >= 15 is 0 Å². The Balaban J connectivity index is 0.00000129. The first-order valence-electron chi connectivity index (χ1n) is 6.91. The molecule has 1 heterocycles. The molecule has 0 aliphatic heterocycles. The van der Waals surface area contributed by atoms with Gasteiger partial charge in [0.2, 0.25) is 17.6 Å². The zero-order valence-electron chi connectivity index (χ0n) is 13.5. The van der Waals surface area contributed by atoms with E-state index < -0.39 is 36.9 Å². The second-order valence-corrected chi connectivity index (χ2v) is 4.74. The van der Waals surface area contributed by atoms with Gasteiger partial charge in [-0.2, -0.15) is 4.98 Å². The predicted octanol–water partition coefficient (Wildman–Crippen LogP) is -2.78. The van der Waals surface area contributed by atoms with Crippen molar-refractivity contribution in [3.05, 3.63) is 11.7 Å². The molecule has 0 spiro atoms. The van der Waals surface area contributed by atoms with Crippen LogP contribution in [0.3, 0.4) is 0 Å². The third-order valence-corrected chi connectivity index (χ3v) is 2.39. The largest absolute Gasteiger partial charge is 0.480 e. The molecule has 0 fully saturated rings. The van der Waals surface area contributed by atoms with Crippen molar-refractivity contribution in [2.75, 3.05) is 6.61 Å². The number of carboxylic acids is 1. The van der Waals surface area contributed by atoms with Crippen molar-refractivity contribution in [1.29, 1.82) is 0 Å². The Morgan fingerprint density at radius 3 is 2.32 bits per heavy atom. The minimum atomic E-state index is -1.46. The number of aliphatic hydroxyl groups excluding tert-OH is 3. The predicted molar refractivity (Wildman–Crippen MR) is 79.7 cm³/mol. The number of aliphatic carboxylic acids is 1. The number of carboxylic acid groups (broad SMARTS) is 1. The van der Waals surface area contributed by atoms with Gasteiger partial charge in [-0.3, -0.25) is 4.79 Å².